The number of halogens is 2. The predicted octanol–water partition coefficient (Wildman–Crippen LogP) is 14.8. The first-order valence-electron chi connectivity index (χ1n) is 19.5. The molecule has 0 atom stereocenters. The van der Waals surface area contributed by atoms with E-state index >= 15 is 0 Å². The van der Waals surface area contributed by atoms with Gasteiger partial charge in [0.25, 0.3) is 0 Å². The quantitative estimate of drug-likeness (QED) is 0.168. The smallest absolute Gasteiger partial charge is 0.123 e. The van der Waals surface area contributed by atoms with E-state index in [1.165, 1.54) is 79.9 Å². The molecule has 56 heavy (non-hydrogen) atoms. The summed E-state index contributed by atoms with van der Waals surface area (Å²) in [5.74, 6) is -0.503. The third kappa shape index (κ3) is 5.33. The number of anilines is 6. The predicted molar refractivity (Wildman–Crippen MR) is 230 cm³/mol. The molecular formula is C52H46F2N2. The monoisotopic (exact) mass is 736 g/mol. The second-order valence-electron chi connectivity index (χ2n) is 16.7. The number of benzene rings is 7. The van der Waals surface area contributed by atoms with Gasteiger partial charge < -0.3 is 9.80 Å². The highest BCUT2D eigenvalue weighted by Crippen LogP contribution is 2.61. The van der Waals surface area contributed by atoms with Gasteiger partial charge in [0.05, 0.1) is 0 Å². The van der Waals surface area contributed by atoms with E-state index in [1.54, 1.807) is 0 Å². The van der Waals surface area contributed by atoms with Gasteiger partial charge in [-0.1, -0.05) is 76.2 Å². The minimum Gasteiger partial charge on any atom is -0.310 e. The number of hydrogen-bond donors (Lipinski definition) is 0. The molecule has 0 heterocycles. The van der Waals surface area contributed by atoms with Crippen LogP contribution in [-0.2, 0) is 10.8 Å². The maximum Gasteiger partial charge on any atom is 0.123 e. The van der Waals surface area contributed by atoms with Gasteiger partial charge in [-0.15, -0.1) is 0 Å². The van der Waals surface area contributed by atoms with Crippen molar-refractivity contribution in [1.82, 2.24) is 0 Å². The zero-order valence-corrected chi connectivity index (χ0v) is 33.4. The van der Waals surface area contributed by atoms with Crippen molar-refractivity contribution in [3.05, 3.63) is 190 Å². The SMILES string of the molecule is Cc1ccccc1N(c1ccc(F)cc1)c1cc(C)c2c(c1)C(C)(C)c1c-2ccc2c1C(C)(C)c1cc(N(c3ccc(F)cc3)c3ccccc3C)cc(C)c1-2. The van der Waals surface area contributed by atoms with Crippen LogP contribution in [0.3, 0.4) is 0 Å². The third-order valence-electron chi connectivity index (χ3n) is 12.4. The Morgan fingerprint density at radius 3 is 1.11 bits per heavy atom. The number of nitrogens with zero attached hydrogens (tertiary/aromatic N) is 2. The van der Waals surface area contributed by atoms with Crippen molar-refractivity contribution in [3.8, 4) is 22.3 Å². The molecule has 9 rings (SSSR count). The molecule has 0 aliphatic heterocycles. The summed E-state index contributed by atoms with van der Waals surface area (Å²) in [6.07, 6.45) is 0. The fourth-order valence-corrected chi connectivity index (χ4v) is 9.75. The molecule has 0 saturated carbocycles. The van der Waals surface area contributed by atoms with Crippen LogP contribution < -0.4 is 9.80 Å². The molecule has 7 aromatic carbocycles. The Morgan fingerprint density at radius 2 is 0.750 bits per heavy atom. The van der Waals surface area contributed by atoms with E-state index in [9.17, 15) is 8.78 Å². The van der Waals surface area contributed by atoms with Crippen LogP contribution >= 0.6 is 0 Å². The first kappa shape index (κ1) is 35.7. The number of rotatable bonds is 6. The molecule has 2 nitrogen and oxygen atoms in total. The summed E-state index contributed by atoms with van der Waals surface area (Å²) < 4.78 is 28.5. The Bertz CT molecular complexity index is 2520. The van der Waals surface area contributed by atoms with E-state index in [2.05, 4.69) is 150 Å². The van der Waals surface area contributed by atoms with E-state index < -0.39 is 0 Å². The molecule has 0 radical (unpaired) electrons. The summed E-state index contributed by atoms with van der Waals surface area (Å²) in [5, 5.41) is 0. The lowest BCUT2D eigenvalue weighted by atomic mass is 9.72. The molecule has 278 valence electrons. The molecule has 0 saturated heterocycles. The molecule has 0 aromatic heterocycles. The first-order valence-corrected chi connectivity index (χ1v) is 19.5. The lowest BCUT2D eigenvalue weighted by Crippen LogP contribution is -2.24. The number of fused-ring (bicyclic) bond motifs is 7. The van der Waals surface area contributed by atoms with Gasteiger partial charge in [0.2, 0.25) is 0 Å². The van der Waals surface area contributed by atoms with Crippen LogP contribution in [0.1, 0.15) is 72.2 Å². The molecular weight excluding hydrogens is 691 g/mol. The topological polar surface area (TPSA) is 6.48 Å². The number of hydrogen-bond acceptors (Lipinski definition) is 2. The van der Waals surface area contributed by atoms with Gasteiger partial charge in [-0.25, -0.2) is 8.78 Å². The minimum absolute atomic E-state index is 0.252. The van der Waals surface area contributed by atoms with Crippen LogP contribution in [0, 0.1) is 39.3 Å². The van der Waals surface area contributed by atoms with Gasteiger partial charge in [0.1, 0.15) is 11.6 Å². The zero-order chi connectivity index (χ0) is 39.3. The second-order valence-corrected chi connectivity index (χ2v) is 16.7. The molecule has 4 heteroatoms. The molecule has 0 unspecified atom stereocenters. The maximum atomic E-state index is 14.2. The van der Waals surface area contributed by atoms with E-state index in [4.69, 9.17) is 0 Å². The largest absolute Gasteiger partial charge is 0.310 e. The van der Waals surface area contributed by atoms with Crippen molar-refractivity contribution < 1.29 is 8.78 Å². The normalized spacial score (nSPS) is 14.2. The van der Waals surface area contributed by atoms with E-state index in [0.29, 0.717) is 0 Å². The Balaban J connectivity index is 1.21. The lowest BCUT2D eigenvalue weighted by molar-refractivity contribution is 0.601. The summed E-state index contributed by atoms with van der Waals surface area (Å²) in [7, 11) is 0. The van der Waals surface area contributed by atoms with Crippen molar-refractivity contribution in [1.29, 1.82) is 0 Å². The summed E-state index contributed by atoms with van der Waals surface area (Å²) in [5.41, 5.74) is 20.7. The Morgan fingerprint density at radius 1 is 0.393 bits per heavy atom. The summed E-state index contributed by atoms with van der Waals surface area (Å²) in [6.45, 7) is 18.2. The highest BCUT2D eigenvalue weighted by molar-refractivity contribution is 5.96. The third-order valence-corrected chi connectivity index (χ3v) is 12.4. The van der Waals surface area contributed by atoms with Gasteiger partial charge in [-0.05, 0) is 179 Å². The lowest BCUT2D eigenvalue weighted by Gasteiger charge is -2.32. The molecule has 0 spiro atoms. The van der Waals surface area contributed by atoms with Gasteiger partial charge in [-0.3, -0.25) is 0 Å². The van der Waals surface area contributed by atoms with Crippen LogP contribution in [0.25, 0.3) is 22.3 Å². The first-order chi connectivity index (χ1) is 26.8. The van der Waals surface area contributed by atoms with Crippen molar-refractivity contribution >= 4 is 34.1 Å². The number of para-hydroxylation sites is 2. The zero-order valence-electron chi connectivity index (χ0n) is 33.4. The Labute approximate surface area is 329 Å². The van der Waals surface area contributed by atoms with Crippen molar-refractivity contribution in [2.45, 2.75) is 66.2 Å². The molecule has 0 N–H and O–H groups in total. The van der Waals surface area contributed by atoms with Crippen molar-refractivity contribution in [3.63, 3.8) is 0 Å². The van der Waals surface area contributed by atoms with Crippen LogP contribution in [0.2, 0.25) is 0 Å². The average molecular weight is 737 g/mol. The fraction of sp³-hybridized carbons (Fsp3) is 0.192. The second kappa shape index (κ2) is 12.8. The minimum atomic E-state index is -0.311. The fourth-order valence-electron chi connectivity index (χ4n) is 9.75. The maximum absolute atomic E-state index is 14.2. The van der Waals surface area contributed by atoms with Crippen LogP contribution in [0.4, 0.5) is 42.9 Å². The molecule has 0 amide bonds. The van der Waals surface area contributed by atoms with Gasteiger partial charge in [0.15, 0.2) is 0 Å². The average Bonchev–Trinajstić information content (AvgIpc) is 3.54. The molecule has 0 bridgehead atoms. The van der Waals surface area contributed by atoms with Crippen molar-refractivity contribution in [2.24, 2.45) is 0 Å². The van der Waals surface area contributed by atoms with E-state index in [1.807, 2.05) is 24.3 Å². The van der Waals surface area contributed by atoms with Gasteiger partial charge in [0, 0.05) is 45.0 Å². The number of aryl methyl sites for hydroxylation is 4. The van der Waals surface area contributed by atoms with Crippen molar-refractivity contribution in [2.75, 3.05) is 9.80 Å². The Hall–Kier alpha value is -6.00. The van der Waals surface area contributed by atoms with E-state index in [-0.39, 0.29) is 22.5 Å². The Kier molecular flexibility index (Phi) is 8.14. The summed E-state index contributed by atoms with van der Waals surface area (Å²) >= 11 is 0. The summed E-state index contributed by atoms with van der Waals surface area (Å²) in [6, 6.07) is 44.4. The molecule has 2 aliphatic rings. The molecule has 0 fully saturated rings. The highest BCUT2D eigenvalue weighted by atomic mass is 19.1. The summed E-state index contributed by atoms with van der Waals surface area (Å²) in [4.78, 5) is 4.52. The molecule has 2 aliphatic carbocycles. The van der Waals surface area contributed by atoms with Crippen LogP contribution in [0.5, 0.6) is 0 Å². The molecule has 7 aromatic rings. The standard InChI is InChI=1S/C52H46F2N2/c1-31-13-9-11-15-45(31)55(37-21-17-35(53)18-22-37)39-27-33(3)47-41-25-26-42-48-34(4)28-40(30-44(48)52(7,8)50(42)49(41)51(5,6)43(47)29-39)56(38-23-19-36(54)20-24-38)46-16-12-10-14-32(46)2/h9-30H,1-8H3. The highest BCUT2D eigenvalue weighted by Gasteiger charge is 2.47. The van der Waals surface area contributed by atoms with Gasteiger partial charge in [-0.2, -0.15) is 0 Å². The van der Waals surface area contributed by atoms with Gasteiger partial charge >= 0.3 is 0 Å². The van der Waals surface area contributed by atoms with Crippen LogP contribution in [-0.4, -0.2) is 0 Å². The van der Waals surface area contributed by atoms with E-state index in [0.717, 1.165) is 45.3 Å². The van der Waals surface area contributed by atoms with Crippen LogP contribution in [0.15, 0.2) is 133 Å².